The van der Waals surface area contributed by atoms with Crippen LogP contribution < -0.4 is 15.8 Å². The van der Waals surface area contributed by atoms with Crippen LogP contribution in [0.5, 0.6) is 0 Å². The van der Waals surface area contributed by atoms with Crippen molar-refractivity contribution in [1.29, 1.82) is 0 Å². The van der Waals surface area contributed by atoms with E-state index >= 15 is 0 Å². The molecule has 3 heterocycles. The molecule has 16 heteroatoms. The van der Waals surface area contributed by atoms with Crippen LogP contribution in [0, 0.1) is 5.82 Å². The molecule has 0 atom stereocenters. The molecular formula is C22H23F4N9O2S. The Bertz CT molecular complexity index is 1570. The Morgan fingerprint density at radius 1 is 1.03 bits per heavy atom. The predicted molar refractivity (Wildman–Crippen MR) is 134 cm³/mol. The Morgan fingerprint density at radius 3 is 2.29 bits per heavy atom. The molecule has 0 aliphatic heterocycles. The lowest BCUT2D eigenvalue weighted by Crippen LogP contribution is -2.42. The van der Waals surface area contributed by atoms with Crippen LogP contribution in [0.1, 0.15) is 12.0 Å². The lowest BCUT2D eigenvalue weighted by Gasteiger charge is -2.28. The predicted octanol–water partition coefficient (Wildman–Crippen LogP) is 2.81. The van der Waals surface area contributed by atoms with E-state index in [2.05, 4.69) is 20.1 Å². The van der Waals surface area contributed by atoms with Gasteiger partial charge < -0.3 is 11.5 Å². The second-order valence-electron chi connectivity index (χ2n) is 8.37. The highest BCUT2D eigenvalue weighted by atomic mass is 32.2. The third kappa shape index (κ3) is 5.31. The number of rotatable bonds is 8. The van der Waals surface area contributed by atoms with Crippen molar-refractivity contribution in [3.05, 3.63) is 54.0 Å². The van der Waals surface area contributed by atoms with Crippen molar-refractivity contribution in [3.8, 4) is 11.5 Å². The highest BCUT2D eigenvalue weighted by Gasteiger charge is 2.35. The van der Waals surface area contributed by atoms with Gasteiger partial charge in [-0.25, -0.2) is 28.3 Å². The lowest BCUT2D eigenvalue weighted by atomic mass is 10.2. The highest BCUT2D eigenvalue weighted by Crippen LogP contribution is 2.35. The number of halogens is 4. The summed E-state index contributed by atoms with van der Waals surface area (Å²) >= 11 is 0. The molecule has 4 aromatic rings. The summed E-state index contributed by atoms with van der Waals surface area (Å²) in [6, 6.07) is 9.42. The molecule has 0 aliphatic carbocycles. The zero-order chi connectivity index (χ0) is 27.8. The number of alkyl halides is 3. The van der Waals surface area contributed by atoms with Gasteiger partial charge in [-0.1, -0.05) is 18.2 Å². The molecule has 38 heavy (non-hydrogen) atoms. The van der Waals surface area contributed by atoms with Crippen molar-refractivity contribution >= 4 is 38.6 Å². The number of pyridine rings is 1. The van der Waals surface area contributed by atoms with Gasteiger partial charge in [0, 0.05) is 32.4 Å². The Kier molecular flexibility index (Phi) is 7.12. The van der Waals surface area contributed by atoms with Crippen molar-refractivity contribution in [2.45, 2.75) is 19.1 Å². The van der Waals surface area contributed by atoms with Gasteiger partial charge in [0.1, 0.15) is 17.2 Å². The van der Waals surface area contributed by atoms with Crippen molar-refractivity contribution in [2.75, 3.05) is 36.4 Å². The van der Waals surface area contributed by atoms with E-state index in [9.17, 15) is 26.0 Å². The Balaban J connectivity index is 1.82. The number of aromatic nitrogens is 5. The molecule has 0 unspecified atom stereocenters. The first-order valence-electron chi connectivity index (χ1n) is 11.0. The second kappa shape index (κ2) is 10.0. The van der Waals surface area contributed by atoms with Crippen LogP contribution in [-0.4, -0.2) is 64.3 Å². The van der Waals surface area contributed by atoms with E-state index in [1.165, 1.54) is 16.9 Å². The number of hydrogen-bond donors (Lipinski definition) is 2. The van der Waals surface area contributed by atoms with Crippen LogP contribution in [0.4, 0.5) is 34.9 Å². The minimum atomic E-state index is -4.65. The minimum Gasteiger partial charge on any atom is -0.382 e. The summed E-state index contributed by atoms with van der Waals surface area (Å²) in [6.45, 7) is -0.971. The fourth-order valence-electron chi connectivity index (χ4n) is 3.69. The van der Waals surface area contributed by atoms with Crippen molar-refractivity contribution in [1.82, 2.24) is 29.0 Å². The standard InChI is InChI=1S/C22H23F4N9O2S/c1-33(2)38(36,37)35(11-9-22(24,25)26)17-18(27)30-20(31-19(17)28)16-14-7-5-10-29-21(14)34(32-16)12-13-6-3-4-8-15(13)23/h3-8,10H,9,11-12H2,1-2H3,(H4,27,28,30,31). The van der Waals surface area contributed by atoms with Gasteiger partial charge in [-0.2, -0.15) is 31.0 Å². The van der Waals surface area contributed by atoms with Crippen LogP contribution >= 0.6 is 0 Å². The van der Waals surface area contributed by atoms with Gasteiger partial charge in [0.25, 0.3) is 0 Å². The molecule has 0 amide bonds. The SMILES string of the molecule is CN(C)S(=O)(=O)N(CCC(F)(F)F)c1c(N)nc(-c2nn(Cc3ccccc3F)c3ncccc23)nc1N. The zero-order valence-electron chi connectivity index (χ0n) is 20.2. The van der Waals surface area contributed by atoms with Crippen LogP contribution in [0.3, 0.4) is 0 Å². The van der Waals surface area contributed by atoms with Crippen LogP contribution in [-0.2, 0) is 16.8 Å². The first kappa shape index (κ1) is 27.0. The van der Waals surface area contributed by atoms with Crippen LogP contribution in [0.15, 0.2) is 42.6 Å². The number of nitrogens with zero attached hydrogens (tertiary/aromatic N) is 7. The van der Waals surface area contributed by atoms with Crippen LogP contribution in [0.25, 0.3) is 22.6 Å². The van der Waals surface area contributed by atoms with Gasteiger partial charge >= 0.3 is 16.4 Å². The van der Waals surface area contributed by atoms with Gasteiger partial charge in [-0.15, -0.1) is 0 Å². The summed E-state index contributed by atoms with van der Waals surface area (Å²) in [5, 5.41) is 4.92. The number of hydrogen-bond acceptors (Lipinski definition) is 8. The molecule has 0 fully saturated rings. The molecule has 1 aromatic carbocycles. The number of fused-ring (bicyclic) bond motifs is 1. The van der Waals surface area contributed by atoms with Gasteiger partial charge in [-0.3, -0.25) is 0 Å². The highest BCUT2D eigenvalue weighted by molar-refractivity contribution is 7.90. The molecule has 3 aromatic heterocycles. The largest absolute Gasteiger partial charge is 0.390 e. The van der Waals surface area contributed by atoms with E-state index in [4.69, 9.17) is 11.5 Å². The Labute approximate surface area is 214 Å². The normalized spacial score (nSPS) is 12.4. The minimum absolute atomic E-state index is 0.0233. The fourth-order valence-corrected chi connectivity index (χ4v) is 4.83. The maximum atomic E-state index is 14.3. The van der Waals surface area contributed by atoms with Crippen molar-refractivity contribution < 1.29 is 26.0 Å². The summed E-state index contributed by atoms with van der Waals surface area (Å²) < 4.78 is 81.5. The maximum absolute atomic E-state index is 14.3. The van der Waals surface area contributed by atoms with Gasteiger partial charge in [-0.05, 0) is 18.2 Å². The molecule has 202 valence electrons. The topological polar surface area (TPSA) is 149 Å². The average molecular weight is 554 g/mol. The Hall–Kier alpha value is -4.05. The lowest BCUT2D eigenvalue weighted by molar-refractivity contribution is -0.132. The monoisotopic (exact) mass is 553 g/mol. The number of benzene rings is 1. The smallest absolute Gasteiger partial charge is 0.382 e. The first-order valence-corrected chi connectivity index (χ1v) is 12.4. The van der Waals surface area contributed by atoms with Crippen molar-refractivity contribution in [3.63, 3.8) is 0 Å². The third-order valence-corrected chi connectivity index (χ3v) is 7.37. The molecule has 0 aliphatic rings. The summed E-state index contributed by atoms with van der Waals surface area (Å²) in [6.07, 6.45) is -4.60. The first-order chi connectivity index (χ1) is 17.8. The van der Waals surface area contributed by atoms with E-state index in [0.717, 1.165) is 18.4 Å². The third-order valence-electron chi connectivity index (χ3n) is 5.52. The number of nitrogen functional groups attached to an aromatic ring is 2. The fraction of sp³-hybridized carbons (Fsp3) is 0.273. The second-order valence-corrected chi connectivity index (χ2v) is 10.4. The van der Waals surface area contributed by atoms with Crippen LogP contribution in [0.2, 0.25) is 0 Å². The summed E-state index contributed by atoms with van der Waals surface area (Å²) in [4.78, 5) is 12.6. The quantitative estimate of drug-likeness (QED) is 0.317. The summed E-state index contributed by atoms with van der Waals surface area (Å²) in [5.41, 5.74) is 12.5. The average Bonchev–Trinajstić information content (AvgIpc) is 3.19. The maximum Gasteiger partial charge on any atom is 0.390 e. The number of anilines is 3. The Morgan fingerprint density at radius 2 is 1.68 bits per heavy atom. The molecular weight excluding hydrogens is 530 g/mol. The van der Waals surface area contributed by atoms with E-state index in [1.807, 2.05) is 0 Å². The molecule has 0 saturated heterocycles. The summed E-state index contributed by atoms with van der Waals surface area (Å²) in [5.74, 6) is -1.50. The van der Waals surface area contributed by atoms with Gasteiger partial charge in [0.2, 0.25) is 0 Å². The number of nitrogens with two attached hydrogens (primary N) is 2. The molecule has 11 nitrogen and oxygen atoms in total. The van der Waals surface area contributed by atoms with Gasteiger partial charge in [0.15, 0.2) is 23.1 Å². The molecule has 0 bridgehead atoms. The molecule has 0 spiro atoms. The van der Waals surface area contributed by atoms with Gasteiger partial charge in [0.05, 0.1) is 18.4 Å². The molecule has 4 N–H and O–H groups in total. The van der Waals surface area contributed by atoms with E-state index in [1.54, 1.807) is 30.3 Å². The summed E-state index contributed by atoms with van der Waals surface area (Å²) in [7, 11) is -2.14. The van der Waals surface area contributed by atoms with E-state index in [0.29, 0.717) is 20.9 Å². The molecule has 0 saturated carbocycles. The zero-order valence-corrected chi connectivity index (χ0v) is 21.0. The molecule has 4 rings (SSSR count). The molecule has 0 radical (unpaired) electrons. The van der Waals surface area contributed by atoms with E-state index < -0.39 is 52.5 Å². The van der Waals surface area contributed by atoms with E-state index in [-0.39, 0.29) is 18.1 Å². The van der Waals surface area contributed by atoms with Crippen molar-refractivity contribution in [2.24, 2.45) is 0 Å².